The van der Waals surface area contributed by atoms with Crippen molar-refractivity contribution in [3.8, 4) is 0 Å². The van der Waals surface area contributed by atoms with Crippen LogP contribution in [0.3, 0.4) is 0 Å². The number of rotatable bonds is 4. The molecule has 2 aromatic rings. The summed E-state index contributed by atoms with van der Waals surface area (Å²) in [6.45, 7) is 1.88. The maximum Gasteiger partial charge on any atom is 0.356 e. The summed E-state index contributed by atoms with van der Waals surface area (Å²) in [5.41, 5.74) is 0.0706. The average Bonchev–Trinajstić information content (AvgIpc) is 2.84. The summed E-state index contributed by atoms with van der Waals surface area (Å²) >= 11 is 5.64. The maximum absolute atomic E-state index is 13.6. The highest BCUT2D eigenvalue weighted by Gasteiger charge is 2.19. The molecular weight excluding hydrogens is 313 g/mol. The number of nitrogens with one attached hydrogen (secondary N) is 1. The number of hydrogen-bond donors (Lipinski definition) is 1. The molecule has 0 fully saturated rings. The van der Waals surface area contributed by atoms with Gasteiger partial charge >= 0.3 is 5.97 Å². The Labute approximate surface area is 130 Å². The van der Waals surface area contributed by atoms with Crippen molar-refractivity contribution in [2.75, 3.05) is 11.9 Å². The van der Waals surface area contributed by atoms with Gasteiger partial charge < -0.3 is 10.1 Å². The maximum atomic E-state index is 13.6. The van der Waals surface area contributed by atoms with Crippen LogP contribution >= 0.6 is 11.6 Å². The number of ether oxygens (including phenoxy) is 1. The standard InChI is InChI=1S/C14H13ClFN3O3/c1-3-22-14(21)12-7-11(18-19(12)2)13(20)17-10-5-4-8(15)6-9(10)16/h4-7H,3H2,1-2H3,(H,17,20). The lowest BCUT2D eigenvalue weighted by Gasteiger charge is -2.04. The predicted octanol–water partition coefficient (Wildman–Crippen LogP) is 2.64. The van der Waals surface area contributed by atoms with Crippen molar-refractivity contribution >= 4 is 29.2 Å². The van der Waals surface area contributed by atoms with Crippen LogP contribution in [0.4, 0.5) is 10.1 Å². The zero-order chi connectivity index (χ0) is 16.3. The van der Waals surface area contributed by atoms with Gasteiger partial charge in [0, 0.05) is 18.1 Å². The first-order valence-electron chi connectivity index (χ1n) is 6.40. The fourth-order valence-corrected chi connectivity index (χ4v) is 1.91. The van der Waals surface area contributed by atoms with Crippen molar-refractivity contribution in [2.45, 2.75) is 6.92 Å². The second-order valence-electron chi connectivity index (χ2n) is 4.34. The molecule has 0 radical (unpaired) electrons. The van der Waals surface area contributed by atoms with Crippen molar-refractivity contribution in [2.24, 2.45) is 7.05 Å². The zero-order valence-corrected chi connectivity index (χ0v) is 12.6. The lowest BCUT2D eigenvalue weighted by molar-refractivity contribution is 0.0513. The van der Waals surface area contributed by atoms with Gasteiger partial charge in [0.15, 0.2) is 5.69 Å². The molecule has 22 heavy (non-hydrogen) atoms. The molecule has 1 aromatic carbocycles. The first kappa shape index (κ1) is 16.0. The Hall–Kier alpha value is -2.41. The molecule has 2 rings (SSSR count). The quantitative estimate of drug-likeness (QED) is 0.877. The molecule has 0 atom stereocenters. The summed E-state index contributed by atoms with van der Waals surface area (Å²) in [5.74, 6) is -1.90. The Morgan fingerprint density at radius 3 is 2.77 bits per heavy atom. The minimum atomic E-state index is -0.664. The molecule has 1 aromatic heterocycles. The van der Waals surface area contributed by atoms with Gasteiger partial charge in [0.25, 0.3) is 5.91 Å². The first-order chi connectivity index (χ1) is 10.4. The number of carbonyl (C=O) groups is 2. The Morgan fingerprint density at radius 1 is 1.41 bits per heavy atom. The molecule has 6 nitrogen and oxygen atoms in total. The molecule has 1 N–H and O–H groups in total. The van der Waals surface area contributed by atoms with E-state index < -0.39 is 17.7 Å². The number of hydrogen-bond acceptors (Lipinski definition) is 4. The van der Waals surface area contributed by atoms with Gasteiger partial charge in [0.2, 0.25) is 0 Å². The molecule has 0 unspecified atom stereocenters. The third-order valence-corrected chi connectivity index (χ3v) is 3.01. The third-order valence-electron chi connectivity index (χ3n) is 2.78. The van der Waals surface area contributed by atoms with Crippen molar-refractivity contribution < 1.29 is 18.7 Å². The lowest BCUT2D eigenvalue weighted by atomic mass is 10.3. The van der Waals surface area contributed by atoms with Gasteiger partial charge in [-0.3, -0.25) is 9.48 Å². The molecule has 0 aliphatic heterocycles. The molecule has 0 saturated carbocycles. The van der Waals surface area contributed by atoms with E-state index in [1.165, 1.54) is 29.9 Å². The van der Waals surface area contributed by atoms with Crippen LogP contribution in [0.15, 0.2) is 24.3 Å². The minimum absolute atomic E-state index is 0.0279. The Kier molecular flexibility index (Phi) is 4.77. The molecule has 8 heteroatoms. The van der Waals surface area contributed by atoms with Crippen molar-refractivity contribution in [1.29, 1.82) is 0 Å². The van der Waals surface area contributed by atoms with E-state index >= 15 is 0 Å². The fraction of sp³-hybridized carbons (Fsp3) is 0.214. The van der Waals surface area contributed by atoms with E-state index in [4.69, 9.17) is 16.3 Å². The van der Waals surface area contributed by atoms with Gasteiger partial charge in [-0.15, -0.1) is 0 Å². The summed E-state index contributed by atoms with van der Waals surface area (Å²) in [6.07, 6.45) is 0. The van der Waals surface area contributed by atoms with Gasteiger partial charge in [0.05, 0.1) is 12.3 Å². The lowest BCUT2D eigenvalue weighted by Crippen LogP contribution is -2.14. The Balaban J connectivity index is 2.20. The highest BCUT2D eigenvalue weighted by molar-refractivity contribution is 6.30. The molecule has 0 spiro atoms. The van der Waals surface area contributed by atoms with Gasteiger partial charge in [-0.05, 0) is 25.1 Å². The largest absolute Gasteiger partial charge is 0.461 e. The van der Waals surface area contributed by atoms with Gasteiger partial charge in [-0.1, -0.05) is 11.6 Å². The van der Waals surface area contributed by atoms with Crippen molar-refractivity contribution in [1.82, 2.24) is 9.78 Å². The van der Waals surface area contributed by atoms with Crippen LogP contribution in [-0.4, -0.2) is 28.3 Å². The number of halogens is 2. The van der Waals surface area contributed by atoms with Crippen LogP contribution in [0.1, 0.15) is 27.9 Å². The molecule has 0 aliphatic rings. The highest BCUT2D eigenvalue weighted by Crippen LogP contribution is 2.19. The second-order valence-corrected chi connectivity index (χ2v) is 4.77. The monoisotopic (exact) mass is 325 g/mol. The summed E-state index contributed by atoms with van der Waals surface area (Å²) in [7, 11) is 1.51. The topological polar surface area (TPSA) is 73.2 Å². The van der Waals surface area contributed by atoms with Gasteiger partial charge in [-0.2, -0.15) is 5.10 Å². The predicted molar refractivity (Wildman–Crippen MR) is 78.5 cm³/mol. The number of esters is 1. The number of carbonyl (C=O) groups excluding carboxylic acids is 2. The van der Waals surface area contributed by atoms with Crippen LogP contribution < -0.4 is 5.32 Å². The summed E-state index contributed by atoms with van der Waals surface area (Å²) < 4.78 is 19.7. The van der Waals surface area contributed by atoms with E-state index in [-0.39, 0.29) is 28.7 Å². The number of nitrogens with zero attached hydrogens (tertiary/aromatic N) is 2. The van der Waals surface area contributed by atoms with Gasteiger partial charge in [-0.25, -0.2) is 9.18 Å². The Morgan fingerprint density at radius 2 is 2.14 bits per heavy atom. The van der Waals surface area contributed by atoms with E-state index in [2.05, 4.69) is 10.4 Å². The van der Waals surface area contributed by atoms with E-state index in [1.807, 2.05) is 0 Å². The molecule has 0 aliphatic carbocycles. The molecule has 0 bridgehead atoms. The van der Waals surface area contributed by atoms with Crippen LogP contribution in [0.5, 0.6) is 0 Å². The smallest absolute Gasteiger partial charge is 0.356 e. The van der Waals surface area contributed by atoms with Crippen molar-refractivity contribution in [3.63, 3.8) is 0 Å². The number of anilines is 1. The van der Waals surface area contributed by atoms with Crippen LogP contribution in [-0.2, 0) is 11.8 Å². The Bertz CT molecular complexity index is 730. The second kappa shape index (κ2) is 6.57. The molecule has 116 valence electrons. The third kappa shape index (κ3) is 3.43. The normalized spacial score (nSPS) is 10.4. The van der Waals surface area contributed by atoms with E-state index in [9.17, 15) is 14.0 Å². The number of benzene rings is 1. The highest BCUT2D eigenvalue weighted by atomic mass is 35.5. The van der Waals surface area contributed by atoms with E-state index in [1.54, 1.807) is 6.92 Å². The van der Waals surface area contributed by atoms with Crippen LogP contribution in [0.2, 0.25) is 5.02 Å². The zero-order valence-electron chi connectivity index (χ0n) is 11.9. The molecule has 1 heterocycles. The molecule has 1 amide bonds. The number of aromatic nitrogens is 2. The minimum Gasteiger partial charge on any atom is -0.461 e. The molecule has 0 saturated heterocycles. The summed E-state index contributed by atoms with van der Waals surface area (Å²) in [6, 6.07) is 5.15. The average molecular weight is 326 g/mol. The fourth-order valence-electron chi connectivity index (χ4n) is 1.75. The van der Waals surface area contributed by atoms with Crippen LogP contribution in [0, 0.1) is 5.82 Å². The van der Waals surface area contributed by atoms with Crippen molar-refractivity contribution in [3.05, 3.63) is 46.5 Å². The van der Waals surface area contributed by atoms with E-state index in [0.717, 1.165) is 6.07 Å². The summed E-state index contributed by atoms with van der Waals surface area (Å²) in [5, 5.41) is 6.50. The summed E-state index contributed by atoms with van der Waals surface area (Å²) in [4.78, 5) is 23.7. The number of amides is 1. The van der Waals surface area contributed by atoms with Crippen LogP contribution in [0.25, 0.3) is 0 Å². The van der Waals surface area contributed by atoms with Gasteiger partial charge in [0.1, 0.15) is 11.5 Å². The molecular formula is C14H13ClFN3O3. The van der Waals surface area contributed by atoms with E-state index in [0.29, 0.717) is 0 Å². The number of aryl methyl sites for hydroxylation is 1. The SMILES string of the molecule is CCOC(=O)c1cc(C(=O)Nc2ccc(Cl)cc2F)nn1C. The first-order valence-corrected chi connectivity index (χ1v) is 6.77.